The number of amides is 1. The number of nitrogens with one attached hydrogen (secondary N) is 1. The SMILES string of the molecule is C[C@H](c1c[nH]c(=O)c2cc(F)c(F)cc12)N(C)C(=O)c1cc2ccccn2c1. The molecule has 7 heteroatoms. The molecule has 5 nitrogen and oxygen atoms in total. The van der Waals surface area contributed by atoms with Crippen molar-refractivity contribution in [1.82, 2.24) is 14.3 Å². The second kappa shape index (κ2) is 6.60. The van der Waals surface area contributed by atoms with Gasteiger partial charge in [-0.25, -0.2) is 8.78 Å². The molecule has 28 heavy (non-hydrogen) atoms. The van der Waals surface area contributed by atoms with Crippen molar-refractivity contribution in [2.45, 2.75) is 13.0 Å². The number of carbonyl (C=O) groups is 1. The van der Waals surface area contributed by atoms with Crippen LogP contribution in [-0.2, 0) is 0 Å². The number of aromatic amines is 1. The van der Waals surface area contributed by atoms with Gasteiger partial charge in [0, 0.05) is 31.2 Å². The van der Waals surface area contributed by atoms with Crippen LogP contribution in [0.25, 0.3) is 16.3 Å². The summed E-state index contributed by atoms with van der Waals surface area (Å²) in [5.41, 5.74) is 1.40. The Hall–Kier alpha value is -3.48. The fourth-order valence-corrected chi connectivity index (χ4v) is 3.38. The van der Waals surface area contributed by atoms with Gasteiger partial charge in [-0.05, 0) is 48.2 Å². The van der Waals surface area contributed by atoms with Crippen LogP contribution in [0.5, 0.6) is 0 Å². The van der Waals surface area contributed by atoms with Gasteiger partial charge in [-0.3, -0.25) is 9.59 Å². The van der Waals surface area contributed by atoms with Crippen LogP contribution in [0.2, 0.25) is 0 Å². The fraction of sp³-hybridized carbons (Fsp3) is 0.143. The number of carbonyl (C=O) groups excluding carboxylic acids is 1. The molecule has 0 unspecified atom stereocenters. The van der Waals surface area contributed by atoms with E-state index >= 15 is 0 Å². The first-order valence-electron chi connectivity index (χ1n) is 8.71. The molecule has 4 rings (SSSR count). The number of hydrogen-bond donors (Lipinski definition) is 1. The van der Waals surface area contributed by atoms with Gasteiger partial charge in [0.15, 0.2) is 11.6 Å². The summed E-state index contributed by atoms with van der Waals surface area (Å²) in [4.78, 5) is 29.0. The van der Waals surface area contributed by atoms with Gasteiger partial charge < -0.3 is 14.3 Å². The van der Waals surface area contributed by atoms with E-state index in [2.05, 4.69) is 4.98 Å². The summed E-state index contributed by atoms with van der Waals surface area (Å²) in [6.07, 6.45) is 5.02. The van der Waals surface area contributed by atoms with Gasteiger partial charge in [0.25, 0.3) is 11.5 Å². The normalized spacial score (nSPS) is 12.4. The van der Waals surface area contributed by atoms with Gasteiger partial charge in [-0.2, -0.15) is 0 Å². The van der Waals surface area contributed by atoms with Crippen molar-refractivity contribution in [2.75, 3.05) is 7.05 Å². The van der Waals surface area contributed by atoms with Crippen LogP contribution in [0.3, 0.4) is 0 Å². The number of pyridine rings is 2. The van der Waals surface area contributed by atoms with E-state index in [4.69, 9.17) is 0 Å². The van der Waals surface area contributed by atoms with Crippen LogP contribution >= 0.6 is 0 Å². The summed E-state index contributed by atoms with van der Waals surface area (Å²) in [6.45, 7) is 1.77. The lowest BCUT2D eigenvalue weighted by Crippen LogP contribution is -2.30. The Labute approximate surface area is 158 Å². The highest BCUT2D eigenvalue weighted by Crippen LogP contribution is 2.28. The van der Waals surface area contributed by atoms with Gasteiger partial charge in [-0.15, -0.1) is 0 Å². The Kier molecular flexibility index (Phi) is 4.22. The number of benzene rings is 1. The van der Waals surface area contributed by atoms with Gasteiger partial charge in [0.1, 0.15) is 0 Å². The Morgan fingerprint density at radius 3 is 2.57 bits per heavy atom. The van der Waals surface area contributed by atoms with Crippen LogP contribution in [-0.4, -0.2) is 27.2 Å². The first kappa shape index (κ1) is 17.9. The predicted octanol–water partition coefficient (Wildman–Crippen LogP) is 3.89. The number of nitrogens with zero attached hydrogens (tertiary/aromatic N) is 2. The first-order chi connectivity index (χ1) is 13.4. The maximum atomic E-state index is 13.8. The molecule has 0 radical (unpaired) electrons. The summed E-state index contributed by atoms with van der Waals surface area (Å²) in [5, 5.41) is 0.315. The minimum Gasteiger partial charge on any atom is -0.335 e. The molecule has 3 aromatic heterocycles. The highest BCUT2D eigenvalue weighted by Gasteiger charge is 2.23. The van der Waals surface area contributed by atoms with Gasteiger partial charge >= 0.3 is 0 Å². The third-order valence-electron chi connectivity index (χ3n) is 5.08. The second-order valence-electron chi connectivity index (χ2n) is 6.74. The number of H-pyrrole nitrogens is 1. The zero-order valence-corrected chi connectivity index (χ0v) is 15.2. The number of hydrogen-bond acceptors (Lipinski definition) is 2. The number of fused-ring (bicyclic) bond motifs is 2. The molecule has 0 fully saturated rings. The van der Waals surface area contributed by atoms with E-state index in [1.807, 2.05) is 28.8 Å². The lowest BCUT2D eigenvalue weighted by Gasteiger charge is -2.26. The van der Waals surface area contributed by atoms with E-state index in [9.17, 15) is 18.4 Å². The molecule has 0 saturated heterocycles. The van der Waals surface area contributed by atoms with E-state index in [0.717, 1.165) is 17.6 Å². The quantitative estimate of drug-likeness (QED) is 0.585. The van der Waals surface area contributed by atoms with Crippen LogP contribution in [0.4, 0.5) is 8.78 Å². The average Bonchev–Trinajstić information content (AvgIpc) is 3.12. The highest BCUT2D eigenvalue weighted by atomic mass is 19.2. The smallest absolute Gasteiger partial charge is 0.255 e. The summed E-state index contributed by atoms with van der Waals surface area (Å²) in [7, 11) is 1.63. The third kappa shape index (κ3) is 2.85. The van der Waals surface area contributed by atoms with Crippen LogP contribution in [0.15, 0.2) is 59.8 Å². The van der Waals surface area contributed by atoms with Crippen LogP contribution < -0.4 is 5.56 Å². The van der Waals surface area contributed by atoms with Crippen LogP contribution in [0, 0.1) is 11.6 Å². The van der Waals surface area contributed by atoms with E-state index < -0.39 is 23.2 Å². The van der Waals surface area contributed by atoms with Crippen molar-refractivity contribution >= 4 is 22.2 Å². The Morgan fingerprint density at radius 1 is 1.14 bits per heavy atom. The lowest BCUT2D eigenvalue weighted by molar-refractivity contribution is 0.0743. The summed E-state index contributed by atoms with van der Waals surface area (Å²) < 4.78 is 29.2. The molecule has 0 aliphatic heterocycles. The third-order valence-corrected chi connectivity index (χ3v) is 5.08. The number of halogens is 2. The summed E-state index contributed by atoms with van der Waals surface area (Å²) >= 11 is 0. The first-order valence-corrected chi connectivity index (χ1v) is 8.71. The average molecular weight is 381 g/mol. The maximum absolute atomic E-state index is 13.8. The Balaban J connectivity index is 1.75. The van der Waals surface area contributed by atoms with Crippen molar-refractivity contribution in [3.63, 3.8) is 0 Å². The van der Waals surface area contributed by atoms with Gasteiger partial charge in [0.05, 0.1) is 17.0 Å². The predicted molar refractivity (Wildman–Crippen MR) is 102 cm³/mol. The highest BCUT2D eigenvalue weighted by molar-refractivity contribution is 5.96. The molecule has 1 atom stereocenters. The Morgan fingerprint density at radius 2 is 1.86 bits per heavy atom. The summed E-state index contributed by atoms with van der Waals surface area (Å²) in [5.74, 6) is -2.36. The maximum Gasteiger partial charge on any atom is 0.255 e. The molecule has 142 valence electrons. The lowest BCUT2D eigenvalue weighted by atomic mass is 10.0. The molecular formula is C21H17F2N3O2. The monoisotopic (exact) mass is 381 g/mol. The zero-order valence-electron chi connectivity index (χ0n) is 15.2. The summed E-state index contributed by atoms with van der Waals surface area (Å²) in [6, 6.07) is 8.82. The second-order valence-corrected chi connectivity index (χ2v) is 6.74. The molecule has 1 N–H and O–H groups in total. The molecule has 4 aromatic rings. The van der Waals surface area contributed by atoms with Crippen molar-refractivity contribution in [3.8, 4) is 0 Å². The largest absolute Gasteiger partial charge is 0.335 e. The molecular weight excluding hydrogens is 364 g/mol. The van der Waals surface area contributed by atoms with Crippen molar-refractivity contribution < 1.29 is 13.6 Å². The molecule has 1 amide bonds. The van der Waals surface area contributed by atoms with E-state index in [0.29, 0.717) is 11.1 Å². The van der Waals surface area contributed by atoms with Crippen LogP contribution in [0.1, 0.15) is 28.9 Å². The minimum atomic E-state index is -1.09. The molecule has 0 aliphatic rings. The molecule has 0 saturated carbocycles. The molecule has 0 spiro atoms. The van der Waals surface area contributed by atoms with Crippen molar-refractivity contribution in [1.29, 1.82) is 0 Å². The van der Waals surface area contributed by atoms with Gasteiger partial charge in [0.2, 0.25) is 0 Å². The topological polar surface area (TPSA) is 57.6 Å². The van der Waals surface area contributed by atoms with E-state index in [1.165, 1.54) is 11.1 Å². The molecule has 3 heterocycles. The number of rotatable bonds is 3. The van der Waals surface area contributed by atoms with Crippen molar-refractivity contribution in [3.05, 3.63) is 88.1 Å². The number of aromatic nitrogens is 2. The Bertz CT molecular complexity index is 1240. The van der Waals surface area contributed by atoms with Gasteiger partial charge in [-0.1, -0.05) is 6.07 Å². The minimum absolute atomic E-state index is 0.0405. The van der Waals surface area contributed by atoms with E-state index in [1.54, 1.807) is 26.2 Å². The molecule has 0 aliphatic carbocycles. The molecule has 1 aromatic carbocycles. The fourth-order valence-electron chi connectivity index (χ4n) is 3.38. The van der Waals surface area contributed by atoms with E-state index in [-0.39, 0.29) is 16.7 Å². The van der Waals surface area contributed by atoms with Crippen molar-refractivity contribution in [2.24, 2.45) is 0 Å². The molecule has 0 bridgehead atoms. The standard InChI is InChI=1S/C21H17F2N3O2/c1-12(17-10-24-20(27)16-9-19(23)18(22)8-15(16)17)25(2)21(28)13-7-14-5-3-4-6-26(14)11-13/h3-12H,1-2H3,(H,24,27)/t12-/m1/s1. The zero-order chi connectivity index (χ0) is 20.0.